The van der Waals surface area contributed by atoms with Gasteiger partial charge in [0.25, 0.3) is 0 Å². The summed E-state index contributed by atoms with van der Waals surface area (Å²) in [6.45, 7) is 2.26. The summed E-state index contributed by atoms with van der Waals surface area (Å²) in [6.07, 6.45) is 2.57. The maximum atomic E-state index is 14.2. The molecule has 12 rings (SSSR count). The molecule has 2 amide bonds. The van der Waals surface area contributed by atoms with E-state index in [0.717, 1.165) is 21.5 Å². The Labute approximate surface area is 470 Å². The first-order chi connectivity index (χ1) is 40.2. The maximum absolute atomic E-state index is 14.2. The van der Waals surface area contributed by atoms with E-state index < -0.39 is 6.09 Å². The number of pyridine rings is 2. The SMILES string of the molecule is CC(=O)Nc1c(N)nc(-c2nn(Cc3ccccc3F)c3ncccc23)nc1N.COC(=O)N(C)c1c(N)nc(-c2nn(Cc3ccccc3F)c3ncccc23)nc1N.OCc1ccc(-c2nn(Cc3ccccc3)c3ccccc23)o1. The number of aromatic nitrogens is 12. The molecule has 8 aromatic heterocycles. The van der Waals surface area contributed by atoms with E-state index in [1.807, 2.05) is 47.1 Å². The van der Waals surface area contributed by atoms with Gasteiger partial charge in [0.1, 0.15) is 52.5 Å². The van der Waals surface area contributed by atoms with Gasteiger partial charge >= 0.3 is 6.09 Å². The van der Waals surface area contributed by atoms with Crippen molar-refractivity contribution in [2.75, 3.05) is 47.3 Å². The summed E-state index contributed by atoms with van der Waals surface area (Å²) in [7, 11) is 2.68. The molecule has 0 bridgehead atoms. The number of carbonyl (C=O) groups excluding carboxylic acids is 2. The van der Waals surface area contributed by atoms with Crippen LogP contribution in [-0.4, -0.2) is 90.5 Å². The quantitative estimate of drug-likeness (QED) is 0.0667. The number of hydrogen-bond acceptors (Lipinski definition) is 18. The summed E-state index contributed by atoms with van der Waals surface area (Å²) in [5, 5.41) is 27.9. The molecule has 4 aromatic carbocycles. The van der Waals surface area contributed by atoms with Gasteiger partial charge in [-0.15, -0.1) is 0 Å². The molecule has 418 valence electrons. The molecule has 83 heavy (non-hydrogen) atoms. The van der Waals surface area contributed by atoms with Crippen LogP contribution in [0.15, 0.2) is 156 Å². The summed E-state index contributed by atoms with van der Waals surface area (Å²) < 4.78 is 43.7. The van der Waals surface area contributed by atoms with Gasteiger partial charge in [-0.25, -0.2) is 52.8 Å². The summed E-state index contributed by atoms with van der Waals surface area (Å²) in [5.74, 6) is 0.532. The Balaban J connectivity index is 0.000000140. The van der Waals surface area contributed by atoms with Crippen LogP contribution in [0.2, 0.25) is 0 Å². The smallest absolute Gasteiger partial charge is 0.413 e. The van der Waals surface area contributed by atoms with Gasteiger partial charge < -0.3 is 42.5 Å². The Bertz CT molecular complexity index is 4290. The number of aliphatic hydroxyl groups excluding tert-OH is 1. The van der Waals surface area contributed by atoms with Crippen molar-refractivity contribution in [3.8, 4) is 34.5 Å². The number of carbonyl (C=O) groups is 2. The van der Waals surface area contributed by atoms with Crippen molar-refractivity contribution in [1.29, 1.82) is 0 Å². The van der Waals surface area contributed by atoms with Gasteiger partial charge in [-0.3, -0.25) is 14.4 Å². The van der Waals surface area contributed by atoms with E-state index in [-0.39, 0.29) is 83.5 Å². The van der Waals surface area contributed by atoms with Crippen molar-refractivity contribution in [1.82, 2.24) is 59.2 Å². The molecule has 0 spiro atoms. The average Bonchev–Trinajstić information content (AvgIpc) is 4.49. The minimum absolute atomic E-state index is 0.0170. The van der Waals surface area contributed by atoms with E-state index in [1.165, 1.54) is 38.8 Å². The van der Waals surface area contributed by atoms with E-state index in [0.29, 0.717) is 62.6 Å². The number of aliphatic hydroxyl groups is 1. The zero-order valence-electron chi connectivity index (χ0n) is 44.7. The molecular weight excluding hydrogens is 1070 g/mol. The monoisotopic (exact) mass is 1120 g/mol. The van der Waals surface area contributed by atoms with Gasteiger partial charge in [0.2, 0.25) is 5.91 Å². The number of ether oxygens (including phenoxy) is 1. The number of nitrogen functional groups attached to an aromatic ring is 4. The Morgan fingerprint density at radius 2 is 1.10 bits per heavy atom. The molecule has 10 N–H and O–H groups in total. The molecule has 0 radical (unpaired) electrons. The number of nitrogens with one attached hydrogen (secondary N) is 1. The number of benzene rings is 4. The molecule has 0 fully saturated rings. The normalized spacial score (nSPS) is 11.0. The molecule has 0 unspecified atom stereocenters. The predicted molar refractivity (Wildman–Crippen MR) is 310 cm³/mol. The van der Waals surface area contributed by atoms with Crippen molar-refractivity contribution in [2.24, 2.45) is 0 Å². The molecule has 12 aromatic rings. The van der Waals surface area contributed by atoms with Gasteiger partial charge in [-0.1, -0.05) is 84.9 Å². The number of nitrogens with zero attached hydrogens (tertiary/aromatic N) is 13. The summed E-state index contributed by atoms with van der Waals surface area (Å²) in [6, 6.07) is 42.0. The van der Waals surface area contributed by atoms with E-state index in [1.54, 1.807) is 88.5 Å². The first-order valence-corrected chi connectivity index (χ1v) is 25.4. The zero-order chi connectivity index (χ0) is 58.3. The Morgan fingerprint density at radius 1 is 0.602 bits per heavy atom. The molecule has 0 saturated heterocycles. The van der Waals surface area contributed by atoms with Crippen LogP contribution in [0.1, 0.15) is 29.4 Å². The van der Waals surface area contributed by atoms with Gasteiger partial charge in [-0.2, -0.15) is 15.3 Å². The predicted octanol–water partition coefficient (Wildman–Crippen LogP) is 8.48. The fourth-order valence-corrected chi connectivity index (χ4v) is 9.00. The minimum Gasteiger partial charge on any atom is -0.457 e. The number of furan rings is 1. The molecule has 0 aliphatic rings. The van der Waals surface area contributed by atoms with Crippen LogP contribution in [0.5, 0.6) is 0 Å². The van der Waals surface area contributed by atoms with E-state index >= 15 is 0 Å². The number of nitrogens with two attached hydrogens (primary N) is 4. The van der Waals surface area contributed by atoms with Crippen molar-refractivity contribution in [2.45, 2.75) is 33.2 Å². The summed E-state index contributed by atoms with van der Waals surface area (Å²) in [4.78, 5) is 50.1. The van der Waals surface area contributed by atoms with Crippen LogP contribution in [0.4, 0.5) is 48.2 Å². The highest BCUT2D eigenvalue weighted by atomic mass is 19.1. The lowest BCUT2D eigenvalue weighted by atomic mass is 10.2. The highest BCUT2D eigenvalue weighted by Crippen LogP contribution is 2.34. The number of fused-ring (bicyclic) bond motifs is 3. The highest BCUT2D eigenvalue weighted by Gasteiger charge is 2.25. The summed E-state index contributed by atoms with van der Waals surface area (Å²) in [5.41, 5.74) is 30.2. The van der Waals surface area contributed by atoms with Crippen LogP contribution >= 0.6 is 0 Å². The molecule has 0 atom stereocenters. The van der Waals surface area contributed by atoms with Gasteiger partial charge in [-0.05, 0) is 60.2 Å². The van der Waals surface area contributed by atoms with Crippen LogP contribution < -0.4 is 33.2 Å². The van der Waals surface area contributed by atoms with Crippen LogP contribution in [0.25, 0.3) is 67.5 Å². The third-order valence-electron chi connectivity index (χ3n) is 12.9. The number of para-hydroxylation sites is 1. The topological polar surface area (TPSA) is 327 Å². The Hall–Kier alpha value is -11.2. The average molecular weight is 1120 g/mol. The standard InChI is InChI=1S/C20H19FN8O2.C19H17FN8O.C19H16N2O2/c1-28(20(30)31-2)15-16(22)25-18(26-17(15)23)14-12-7-5-9-24-19(12)29(27-14)10-11-6-3-4-8-13(11)21;1-10(29)24-15-16(21)25-18(26-17(15)22)14-12-6-4-8-23-19(12)28(27-14)9-11-5-2-3-7-13(11)20;22-13-15-10-11-18(23-15)19-16-8-4-5-9-17(16)21(20-19)12-14-6-2-1-3-7-14/h3-9H,10H2,1-2H3,(H4,22,23,25,26);2-8H,9H2,1H3,(H,24,29)(H4,21,22,25,26);1-11,22H,12-13H2. The van der Waals surface area contributed by atoms with Crippen molar-refractivity contribution in [3.05, 3.63) is 186 Å². The molecular formula is C58H52F2N18O5. The fourth-order valence-electron chi connectivity index (χ4n) is 9.00. The molecule has 25 heteroatoms. The Morgan fingerprint density at radius 3 is 1.61 bits per heavy atom. The third kappa shape index (κ3) is 11.8. The van der Waals surface area contributed by atoms with Crippen molar-refractivity contribution in [3.63, 3.8) is 0 Å². The lowest BCUT2D eigenvalue weighted by Gasteiger charge is -2.18. The first kappa shape index (κ1) is 55.1. The highest BCUT2D eigenvalue weighted by molar-refractivity contribution is 5.98. The van der Waals surface area contributed by atoms with E-state index in [4.69, 9.17) is 32.5 Å². The number of halogens is 2. The fraction of sp³-hybridized carbons (Fsp3) is 0.121. The largest absolute Gasteiger partial charge is 0.457 e. The molecule has 8 heterocycles. The number of hydrogen-bond donors (Lipinski definition) is 6. The first-order valence-electron chi connectivity index (χ1n) is 25.4. The second kappa shape index (κ2) is 24.0. The second-order valence-electron chi connectivity index (χ2n) is 18.4. The third-order valence-corrected chi connectivity index (χ3v) is 12.9. The molecule has 0 saturated carbocycles. The molecule has 0 aliphatic heterocycles. The Kier molecular flexibility index (Phi) is 16.0. The zero-order valence-corrected chi connectivity index (χ0v) is 44.7. The maximum Gasteiger partial charge on any atom is 0.413 e. The van der Waals surface area contributed by atoms with E-state index in [9.17, 15) is 23.5 Å². The van der Waals surface area contributed by atoms with Gasteiger partial charge in [0.15, 0.2) is 52.0 Å². The van der Waals surface area contributed by atoms with Crippen LogP contribution in [0.3, 0.4) is 0 Å². The van der Waals surface area contributed by atoms with Crippen LogP contribution in [-0.2, 0) is 35.8 Å². The lowest BCUT2D eigenvalue weighted by Crippen LogP contribution is -2.28. The number of methoxy groups -OCH3 is 1. The minimum atomic E-state index is -0.668. The van der Waals surface area contributed by atoms with Crippen molar-refractivity contribution >= 4 is 79.6 Å². The molecule has 23 nitrogen and oxygen atoms in total. The lowest BCUT2D eigenvalue weighted by molar-refractivity contribution is -0.114. The number of amides is 2. The van der Waals surface area contributed by atoms with Gasteiger partial charge in [0.05, 0.1) is 43.0 Å². The van der Waals surface area contributed by atoms with Crippen LogP contribution in [0, 0.1) is 11.6 Å². The van der Waals surface area contributed by atoms with E-state index in [2.05, 4.69) is 68.4 Å². The number of rotatable bonds is 12. The number of anilines is 6. The second-order valence-corrected chi connectivity index (χ2v) is 18.4. The van der Waals surface area contributed by atoms with Crippen molar-refractivity contribution < 1.29 is 32.6 Å². The van der Waals surface area contributed by atoms with Gasteiger partial charge in [0, 0.05) is 42.9 Å². The summed E-state index contributed by atoms with van der Waals surface area (Å²) >= 11 is 0. The molecule has 0 aliphatic carbocycles.